The zero-order chi connectivity index (χ0) is 15.5. The number of piperidine rings is 1. The fourth-order valence-electron chi connectivity index (χ4n) is 2.82. The van der Waals surface area contributed by atoms with E-state index in [4.69, 9.17) is 0 Å². The quantitative estimate of drug-likeness (QED) is 0.897. The Balaban J connectivity index is 2.28. The van der Waals surface area contributed by atoms with Gasteiger partial charge in [0.1, 0.15) is 0 Å². The van der Waals surface area contributed by atoms with Gasteiger partial charge in [-0.1, -0.05) is 6.07 Å². The van der Waals surface area contributed by atoms with Crippen molar-refractivity contribution in [2.75, 3.05) is 31.6 Å². The van der Waals surface area contributed by atoms with Crippen LogP contribution in [0.2, 0.25) is 0 Å². The van der Waals surface area contributed by atoms with Gasteiger partial charge < -0.3 is 15.3 Å². The molecule has 0 bridgehead atoms. The molecule has 1 fully saturated rings. The van der Waals surface area contributed by atoms with Crippen LogP contribution in [0.3, 0.4) is 0 Å². The SMILES string of the molecule is CNCc1ccc(N2CCCC(CO)C2)cc1C(F)(F)F. The van der Waals surface area contributed by atoms with Gasteiger partial charge in [-0.3, -0.25) is 0 Å². The standard InChI is InChI=1S/C15H21F3N2O/c1-19-8-12-4-5-13(7-14(12)15(16,17)18)20-6-2-3-11(9-20)10-21/h4-5,7,11,19,21H,2-3,6,8-10H2,1H3. The normalized spacial score (nSPS) is 19.9. The lowest BCUT2D eigenvalue weighted by molar-refractivity contribution is -0.138. The number of halogens is 3. The molecule has 1 aliphatic heterocycles. The Labute approximate surface area is 122 Å². The van der Waals surface area contributed by atoms with Gasteiger partial charge in [-0.2, -0.15) is 13.2 Å². The minimum absolute atomic E-state index is 0.0838. The van der Waals surface area contributed by atoms with Gasteiger partial charge in [-0.25, -0.2) is 0 Å². The Morgan fingerprint density at radius 3 is 2.76 bits per heavy atom. The Bertz CT molecular complexity index is 476. The molecule has 0 aliphatic carbocycles. The van der Waals surface area contributed by atoms with Crippen molar-refractivity contribution >= 4 is 5.69 Å². The van der Waals surface area contributed by atoms with Crippen LogP contribution in [0.25, 0.3) is 0 Å². The van der Waals surface area contributed by atoms with Crippen molar-refractivity contribution in [1.29, 1.82) is 0 Å². The predicted molar refractivity (Wildman–Crippen MR) is 76.2 cm³/mol. The summed E-state index contributed by atoms with van der Waals surface area (Å²) in [4.78, 5) is 1.93. The second-order valence-electron chi connectivity index (χ2n) is 5.51. The van der Waals surface area contributed by atoms with E-state index < -0.39 is 11.7 Å². The largest absolute Gasteiger partial charge is 0.416 e. The summed E-state index contributed by atoms with van der Waals surface area (Å²) in [6, 6.07) is 4.51. The smallest absolute Gasteiger partial charge is 0.396 e. The first-order valence-corrected chi connectivity index (χ1v) is 7.16. The van der Waals surface area contributed by atoms with Crippen LogP contribution < -0.4 is 10.2 Å². The second-order valence-corrected chi connectivity index (χ2v) is 5.51. The van der Waals surface area contributed by atoms with Gasteiger partial charge in [0.05, 0.1) is 5.56 Å². The average Bonchev–Trinajstić information content (AvgIpc) is 2.47. The summed E-state index contributed by atoms with van der Waals surface area (Å²) in [7, 11) is 1.63. The molecule has 118 valence electrons. The lowest BCUT2D eigenvalue weighted by Crippen LogP contribution is -2.37. The zero-order valence-electron chi connectivity index (χ0n) is 12.1. The molecular weight excluding hydrogens is 281 g/mol. The van der Waals surface area contributed by atoms with Crippen LogP contribution in [-0.4, -0.2) is 31.9 Å². The maximum atomic E-state index is 13.2. The number of alkyl halides is 3. The summed E-state index contributed by atoms with van der Waals surface area (Å²) >= 11 is 0. The molecule has 6 heteroatoms. The molecular formula is C15H21F3N2O. The molecule has 1 saturated heterocycles. The number of benzene rings is 1. The fourth-order valence-corrected chi connectivity index (χ4v) is 2.82. The molecule has 2 rings (SSSR count). The van der Waals surface area contributed by atoms with E-state index in [2.05, 4.69) is 5.32 Å². The first kappa shape index (κ1) is 16.1. The number of nitrogens with one attached hydrogen (secondary N) is 1. The molecule has 1 unspecified atom stereocenters. The van der Waals surface area contributed by atoms with Crippen LogP contribution in [-0.2, 0) is 12.7 Å². The van der Waals surface area contributed by atoms with E-state index in [-0.39, 0.29) is 24.6 Å². The molecule has 0 aromatic heterocycles. The molecule has 1 aromatic carbocycles. The Hall–Kier alpha value is -1.27. The van der Waals surface area contributed by atoms with Crippen molar-refractivity contribution < 1.29 is 18.3 Å². The highest BCUT2D eigenvalue weighted by Crippen LogP contribution is 2.35. The lowest BCUT2D eigenvalue weighted by atomic mass is 9.97. The van der Waals surface area contributed by atoms with Gasteiger partial charge in [-0.15, -0.1) is 0 Å². The number of anilines is 1. The van der Waals surface area contributed by atoms with E-state index in [0.29, 0.717) is 12.2 Å². The molecule has 3 nitrogen and oxygen atoms in total. The van der Waals surface area contributed by atoms with E-state index >= 15 is 0 Å². The number of hydrogen-bond donors (Lipinski definition) is 2. The van der Waals surface area contributed by atoms with Gasteiger partial charge >= 0.3 is 6.18 Å². The number of hydrogen-bond acceptors (Lipinski definition) is 3. The lowest BCUT2D eigenvalue weighted by Gasteiger charge is -2.34. The third-order valence-corrected chi connectivity index (χ3v) is 3.91. The van der Waals surface area contributed by atoms with Crippen LogP contribution in [0.5, 0.6) is 0 Å². The number of nitrogens with zero attached hydrogens (tertiary/aromatic N) is 1. The van der Waals surface area contributed by atoms with Crippen LogP contribution >= 0.6 is 0 Å². The van der Waals surface area contributed by atoms with E-state index in [0.717, 1.165) is 19.4 Å². The van der Waals surface area contributed by atoms with Crippen molar-refractivity contribution in [1.82, 2.24) is 5.32 Å². The Morgan fingerprint density at radius 1 is 1.38 bits per heavy atom. The van der Waals surface area contributed by atoms with Crippen molar-refractivity contribution in [3.8, 4) is 0 Å². The first-order valence-electron chi connectivity index (χ1n) is 7.16. The fraction of sp³-hybridized carbons (Fsp3) is 0.600. The van der Waals surface area contributed by atoms with Gasteiger partial charge in [0.25, 0.3) is 0 Å². The molecule has 1 atom stereocenters. The summed E-state index contributed by atoms with van der Waals surface area (Å²) in [5, 5.41) is 12.0. The van der Waals surface area contributed by atoms with E-state index in [1.54, 1.807) is 13.1 Å². The minimum Gasteiger partial charge on any atom is -0.396 e. The van der Waals surface area contributed by atoms with E-state index in [1.807, 2.05) is 4.90 Å². The molecule has 1 heterocycles. The Morgan fingerprint density at radius 2 is 2.14 bits per heavy atom. The topological polar surface area (TPSA) is 35.5 Å². The van der Waals surface area contributed by atoms with E-state index in [1.165, 1.54) is 12.1 Å². The predicted octanol–water partition coefficient (Wildman–Crippen LogP) is 2.63. The molecule has 0 radical (unpaired) electrons. The van der Waals surface area contributed by atoms with Gasteiger partial charge in [0, 0.05) is 31.9 Å². The van der Waals surface area contributed by atoms with Crippen LogP contribution in [0.4, 0.5) is 18.9 Å². The van der Waals surface area contributed by atoms with Crippen LogP contribution in [0.1, 0.15) is 24.0 Å². The highest BCUT2D eigenvalue weighted by Gasteiger charge is 2.34. The average molecular weight is 302 g/mol. The molecule has 0 amide bonds. The van der Waals surface area contributed by atoms with Gasteiger partial charge in [0.2, 0.25) is 0 Å². The minimum atomic E-state index is -4.35. The number of rotatable bonds is 4. The van der Waals surface area contributed by atoms with Gasteiger partial charge in [0.15, 0.2) is 0 Å². The first-order chi connectivity index (χ1) is 9.95. The maximum absolute atomic E-state index is 13.2. The molecule has 2 N–H and O–H groups in total. The molecule has 1 aromatic rings. The Kier molecular flexibility index (Phi) is 5.11. The highest BCUT2D eigenvalue weighted by molar-refractivity contribution is 5.52. The highest BCUT2D eigenvalue weighted by atomic mass is 19.4. The van der Waals surface area contributed by atoms with Gasteiger partial charge in [-0.05, 0) is 43.5 Å². The van der Waals surface area contributed by atoms with Crippen LogP contribution in [0.15, 0.2) is 18.2 Å². The summed E-state index contributed by atoms with van der Waals surface area (Å²) in [6.45, 7) is 1.62. The summed E-state index contributed by atoms with van der Waals surface area (Å²) in [5.41, 5.74) is 0.255. The third kappa shape index (κ3) is 3.89. The molecule has 0 spiro atoms. The van der Waals surface area contributed by atoms with E-state index in [9.17, 15) is 18.3 Å². The zero-order valence-corrected chi connectivity index (χ0v) is 12.1. The second kappa shape index (κ2) is 6.66. The van der Waals surface area contributed by atoms with Crippen molar-refractivity contribution in [2.45, 2.75) is 25.6 Å². The molecule has 1 aliphatic rings. The van der Waals surface area contributed by atoms with Crippen molar-refractivity contribution in [3.63, 3.8) is 0 Å². The van der Waals surface area contributed by atoms with Crippen molar-refractivity contribution in [2.24, 2.45) is 5.92 Å². The molecule has 21 heavy (non-hydrogen) atoms. The third-order valence-electron chi connectivity index (χ3n) is 3.91. The summed E-state index contributed by atoms with van der Waals surface area (Å²) < 4.78 is 39.5. The van der Waals surface area contributed by atoms with Crippen molar-refractivity contribution in [3.05, 3.63) is 29.3 Å². The molecule has 0 saturated carbocycles. The van der Waals surface area contributed by atoms with Crippen LogP contribution in [0, 0.1) is 5.92 Å². The number of aliphatic hydroxyl groups is 1. The monoisotopic (exact) mass is 302 g/mol. The summed E-state index contributed by atoms with van der Waals surface area (Å²) in [6.07, 6.45) is -2.53. The number of aliphatic hydroxyl groups excluding tert-OH is 1. The maximum Gasteiger partial charge on any atom is 0.416 e. The summed E-state index contributed by atoms with van der Waals surface area (Å²) in [5.74, 6) is 0.144.